The second-order valence-electron chi connectivity index (χ2n) is 7.96. The van der Waals surface area contributed by atoms with Crippen molar-refractivity contribution in [3.8, 4) is 0 Å². The molecule has 1 N–H and O–H groups in total. The monoisotopic (exact) mass is 448 g/mol. The lowest BCUT2D eigenvalue weighted by atomic mass is 9.96. The maximum atomic E-state index is 13.0. The number of nitrogens with one attached hydrogen (secondary N) is 1. The molecule has 1 atom stereocenters. The van der Waals surface area contributed by atoms with Crippen LogP contribution in [0.3, 0.4) is 0 Å². The van der Waals surface area contributed by atoms with E-state index in [2.05, 4.69) is 15.3 Å². The molecule has 2 aromatic heterocycles. The molecule has 32 heavy (non-hydrogen) atoms. The van der Waals surface area contributed by atoms with Crippen molar-refractivity contribution in [3.63, 3.8) is 0 Å². The lowest BCUT2D eigenvalue weighted by Crippen LogP contribution is -2.40. The Morgan fingerprint density at radius 3 is 2.81 bits per heavy atom. The van der Waals surface area contributed by atoms with Crippen molar-refractivity contribution in [2.45, 2.75) is 25.3 Å². The number of hydrogen-bond donors (Lipinski definition) is 1. The summed E-state index contributed by atoms with van der Waals surface area (Å²) in [5, 5.41) is 8.69. The second kappa shape index (κ2) is 8.55. The highest BCUT2D eigenvalue weighted by Crippen LogP contribution is 2.26. The van der Waals surface area contributed by atoms with Crippen LogP contribution < -0.4 is 5.56 Å². The highest BCUT2D eigenvalue weighted by Gasteiger charge is 2.28. The molecule has 1 aliphatic heterocycles. The summed E-state index contributed by atoms with van der Waals surface area (Å²) >= 11 is 6.05. The van der Waals surface area contributed by atoms with E-state index in [0.29, 0.717) is 41.7 Å². The molecule has 0 saturated carbocycles. The number of carbonyl (C=O) groups is 1. The van der Waals surface area contributed by atoms with Gasteiger partial charge in [-0.3, -0.25) is 9.59 Å². The van der Waals surface area contributed by atoms with Gasteiger partial charge in [0.25, 0.3) is 11.5 Å². The van der Waals surface area contributed by atoms with Crippen LogP contribution in [-0.2, 0) is 6.54 Å². The smallest absolute Gasteiger partial charge is 0.281 e. The van der Waals surface area contributed by atoms with Crippen molar-refractivity contribution < 1.29 is 4.79 Å². The summed E-state index contributed by atoms with van der Waals surface area (Å²) in [4.78, 5) is 35.0. The summed E-state index contributed by atoms with van der Waals surface area (Å²) in [6.07, 6.45) is 1.65. The number of hydrogen-bond acceptors (Lipinski definition) is 5. The SMILES string of the molecule is O=C(c1cccc(Cl)c1)N1CCCC(c2nc3c(nnn3Cc3ccccc3)c(=O)[nH]2)C1. The largest absolute Gasteiger partial charge is 0.338 e. The van der Waals surface area contributed by atoms with Crippen LogP contribution in [0.4, 0.5) is 0 Å². The maximum Gasteiger partial charge on any atom is 0.281 e. The van der Waals surface area contributed by atoms with Gasteiger partial charge in [-0.1, -0.05) is 53.2 Å². The minimum atomic E-state index is -0.317. The third-order valence-corrected chi connectivity index (χ3v) is 5.97. The quantitative estimate of drug-likeness (QED) is 0.517. The van der Waals surface area contributed by atoms with Gasteiger partial charge < -0.3 is 9.88 Å². The highest BCUT2D eigenvalue weighted by atomic mass is 35.5. The summed E-state index contributed by atoms with van der Waals surface area (Å²) in [6.45, 7) is 1.60. The van der Waals surface area contributed by atoms with Gasteiger partial charge in [0.1, 0.15) is 5.82 Å². The van der Waals surface area contributed by atoms with E-state index in [0.717, 1.165) is 18.4 Å². The Balaban J connectivity index is 1.43. The van der Waals surface area contributed by atoms with Crippen molar-refractivity contribution in [1.29, 1.82) is 0 Å². The fourth-order valence-corrected chi connectivity index (χ4v) is 4.32. The van der Waals surface area contributed by atoms with Gasteiger partial charge in [-0.2, -0.15) is 0 Å². The molecule has 0 aliphatic carbocycles. The van der Waals surface area contributed by atoms with E-state index in [9.17, 15) is 9.59 Å². The molecule has 3 heterocycles. The van der Waals surface area contributed by atoms with Gasteiger partial charge in [0.05, 0.1) is 6.54 Å². The van der Waals surface area contributed by atoms with Crippen molar-refractivity contribution in [2.24, 2.45) is 0 Å². The van der Waals surface area contributed by atoms with E-state index in [1.54, 1.807) is 33.8 Å². The lowest BCUT2D eigenvalue weighted by molar-refractivity contribution is 0.0704. The van der Waals surface area contributed by atoms with Crippen molar-refractivity contribution in [1.82, 2.24) is 29.9 Å². The number of nitrogens with zero attached hydrogens (tertiary/aromatic N) is 5. The zero-order chi connectivity index (χ0) is 22.1. The number of H-pyrrole nitrogens is 1. The molecule has 0 spiro atoms. The molecule has 0 bridgehead atoms. The van der Waals surface area contributed by atoms with Crippen LogP contribution in [0.25, 0.3) is 11.2 Å². The number of halogens is 1. The molecule has 1 saturated heterocycles. The molecule has 2 aromatic carbocycles. The number of amides is 1. The molecule has 1 fully saturated rings. The molecule has 1 aliphatic rings. The minimum absolute atomic E-state index is 0.0728. The van der Waals surface area contributed by atoms with Crippen LogP contribution in [0.5, 0.6) is 0 Å². The molecule has 1 amide bonds. The Morgan fingerprint density at radius 1 is 1.16 bits per heavy atom. The molecule has 8 nitrogen and oxygen atoms in total. The van der Waals surface area contributed by atoms with Gasteiger partial charge in [0.2, 0.25) is 0 Å². The normalized spacial score (nSPS) is 16.4. The molecule has 5 rings (SSSR count). The van der Waals surface area contributed by atoms with Gasteiger partial charge in [-0.05, 0) is 36.6 Å². The van der Waals surface area contributed by atoms with Crippen LogP contribution in [0.15, 0.2) is 59.4 Å². The van der Waals surface area contributed by atoms with Crippen molar-refractivity contribution in [2.75, 3.05) is 13.1 Å². The zero-order valence-electron chi connectivity index (χ0n) is 17.2. The fourth-order valence-electron chi connectivity index (χ4n) is 4.13. The molecular formula is C23H21ClN6O2. The van der Waals surface area contributed by atoms with Gasteiger partial charge in [-0.15, -0.1) is 5.10 Å². The lowest BCUT2D eigenvalue weighted by Gasteiger charge is -2.32. The summed E-state index contributed by atoms with van der Waals surface area (Å²) in [5.74, 6) is 0.406. The van der Waals surface area contributed by atoms with Crippen molar-refractivity contribution in [3.05, 3.63) is 86.9 Å². The van der Waals surface area contributed by atoms with Crippen LogP contribution in [0.2, 0.25) is 5.02 Å². The number of rotatable bonds is 4. The first-order chi connectivity index (χ1) is 15.6. The predicted octanol–water partition coefficient (Wildman–Crippen LogP) is 3.24. The standard InChI is InChI=1S/C23H21ClN6O2/c24-18-10-4-8-16(12-18)23(32)29-11-5-9-17(14-29)20-25-21-19(22(31)26-20)27-28-30(21)13-15-6-2-1-3-7-15/h1-4,6-8,10,12,17H,5,9,11,13-14H2,(H,25,26,31). The summed E-state index contributed by atoms with van der Waals surface area (Å²) in [6, 6.07) is 16.8. The Morgan fingerprint density at radius 2 is 2.00 bits per heavy atom. The number of aromatic nitrogens is 5. The third kappa shape index (κ3) is 4.01. The van der Waals surface area contributed by atoms with Gasteiger partial charge in [0, 0.05) is 29.6 Å². The van der Waals surface area contributed by atoms with Gasteiger partial charge in [-0.25, -0.2) is 9.67 Å². The van der Waals surface area contributed by atoms with Crippen LogP contribution in [-0.4, -0.2) is 48.9 Å². The molecule has 0 radical (unpaired) electrons. The van der Waals surface area contributed by atoms with E-state index in [1.165, 1.54) is 0 Å². The average molecular weight is 449 g/mol. The van der Waals surface area contributed by atoms with Crippen LogP contribution in [0, 0.1) is 0 Å². The van der Waals surface area contributed by atoms with Crippen LogP contribution >= 0.6 is 11.6 Å². The second-order valence-corrected chi connectivity index (χ2v) is 8.39. The first-order valence-electron chi connectivity index (χ1n) is 10.5. The highest BCUT2D eigenvalue weighted by molar-refractivity contribution is 6.30. The predicted molar refractivity (Wildman–Crippen MR) is 121 cm³/mol. The first kappa shape index (κ1) is 20.4. The van der Waals surface area contributed by atoms with Gasteiger partial charge in [0.15, 0.2) is 11.2 Å². The van der Waals surface area contributed by atoms with E-state index in [1.807, 2.05) is 30.3 Å². The average Bonchev–Trinajstić information content (AvgIpc) is 3.22. The molecule has 9 heteroatoms. The summed E-state index contributed by atoms with van der Waals surface area (Å²) in [5.41, 5.74) is 1.94. The van der Waals surface area contributed by atoms with E-state index < -0.39 is 0 Å². The molecule has 1 unspecified atom stereocenters. The van der Waals surface area contributed by atoms with Crippen LogP contribution in [0.1, 0.15) is 40.5 Å². The first-order valence-corrected chi connectivity index (χ1v) is 10.9. The Hall–Kier alpha value is -3.52. The zero-order valence-corrected chi connectivity index (χ0v) is 18.0. The number of benzene rings is 2. The van der Waals surface area contributed by atoms with E-state index in [-0.39, 0.29) is 22.9 Å². The minimum Gasteiger partial charge on any atom is -0.338 e. The van der Waals surface area contributed by atoms with E-state index in [4.69, 9.17) is 16.6 Å². The molecular weight excluding hydrogens is 428 g/mol. The topological polar surface area (TPSA) is 96.8 Å². The van der Waals surface area contributed by atoms with E-state index >= 15 is 0 Å². The van der Waals surface area contributed by atoms with Gasteiger partial charge >= 0.3 is 0 Å². The number of aromatic amines is 1. The number of likely N-dealkylation sites (tertiary alicyclic amines) is 1. The summed E-state index contributed by atoms with van der Waals surface area (Å²) in [7, 11) is 0. The molecule has 162 valence electrons. The molecule has 4 aromatic rings. The fraction of sp³-hybridized carbons (Fsp3) is 0.261. The number of piperidine rings is 1. The maximum absolute atomic E-state index is 13.0. The number of fused-ring (bicyclic) bond motifs is 1. The summed E-state index contributed by atoms with van der Waals surface area (Å²) < 4.78 is 1.64. The van der Waals surface area contributed by atoms with Crippen molar-refractivity contribution >= 4 is 28.7 Å². The Bertz CT molecular complexity index is 1330. The third-order valence-electron chi connectivity index (χ3n) is 5.73. The Labute approximate surface area is 188 Å². The number of carbonyl (C=O) groups excluding carboxylic acids is 1. The Kier molecular flexibility index (Phi) is 5.45.